The summed E-state index contributed by atoms with van der Waals surface area (Å²) in [4.78, 5) is 46.4. The Morgan fingerprint density at radius 3 is 2.27 bits per heavy atom. The molecule has 0 bridgehead atoms. The molecule has 4 N–H and O–H groups in total. The maximum Gasteiger partial charge on any atom is 0.490 e. The molecule has 0 aliphatic carbocycles. The van der Waals surface area contributed by atoms with Crippen LogP contribution in [0.5, 0.6) is 0 Å². The Bertz CT molecular complexity index is 1580. The van der Waals surface area contributed by atoms with Crippen molar-refractivity contribution in [3.63, 3.8) is 0 Å². The molecule has 1 aromatic heterocycles. The first-order chi connectivity index (χ1) is 20.5. The van der Waals surface area contributed by atoms with Crippen LogP contribution < -0.4 is 26.4 Å². The average Bonchev–Trinajstić information content (AvgIpc) is 2.92. The van der Waals surface area contributed by atoms with Crippen LogP contribution in [0.15, 0.2) is 53.5 Å². The number of aromatic nitrogens is 2. The monoisotopic (exact) mass is 643 g/mol. The molecular formula is C26H26ClF4N7O6. The summed E-state index contributed by atoms with van der Waals surface area (Å²) in [5.41, 5.74) is 0.644. The highest BCUT2D eigenvalue weighted by Crippen LogP contribution is 2.26. The molecular weight excluding hydrogens is 618 g/mol. The van der Waals surface area contributed by atoms with Gasteiger partial charge in [0.05, 0.1) is 29.4 Å². The van der Waals surface area contributed by atoms with E-state index >= 15 is 0 Å². The summed E-state index contributed by atoms with van der Waals surface area (Å²) in [7, 11) is 0. The Kier molecular flexibility index (Phi) is 10.8. The lowest BCUT2D eigenvalue weighted by Crippen LogP contribution is -2.54. The number of amides is 2. The molecule has 1 aliphatic rings. The number of nitrogens with one attached hydrogen (secondary N) is 3. The second kappa shape index (κ2) is 14.1. The van der Waals surface area contributed by atoms with E-state index in [1.807, 2.05) is 0 Å². The molecule has 1 saturated heterocycles. The SMILES string of the molecule is C[C@@H]1CN(c2cnn(Cc3ccc(NC(=O)Nc4ccc(F)cc4[N+](=O)[O-])cc3)c(=O)c2Cl)C[C@H](C)N1.O=C(O)C(F)(F)F. The van der Waals surface area contributed by atoms with Crippen LogP contribution >= 0.6 is 11.6 Å². The van der Waals surface area contributed by atoms with E-state index in [0.717, 1.165) is 23.8 Å². The highest BCUT2D eigenvalue weighted by atomic mass is 35.5. The van der Waals surface area contributed by atoms with Crippen molar-refractivity contribution >= 4 is 46.4 Å². The Morgan fingerprint density at radius 1 is 1.14 bits per heavy atom. The normalized spacial score (nSPS) is 16.4. The van der Waals surface area contributed by atoms with Gasteiger partial charge in [-0.2, -0.15) is 18.3 Å². The van der Waals surface area contributed by atoms with Crippen LogP contribution in [-0.4, -0.2) is 63.2 Å². The van der Waals surface area contributed by atoms with Crippen LogP contribution in [0.3, 0.4) is 0 Å². The molecule has 1 fully saturated rings. The molecule has 44 heavy (non-hydrogen) atoms. The maximum absolute atomic E-state index is 13.3. The van der Waals surface area contributed by atoms with E-state index in [0.29, 0.717) is 24.5 Å². The zero-order valence-corrected chi connectivity index (χ0v) is 23.8. The van der Waals surface area contributed by atoms with Gasteiger partial charge in [0, 0.05) is 30.9 Å². The maximum atomic E-state index is 13.3. The van der Waals surface area contributed by atoms with E-state index in [1.165, 1.54) is 4.68 Å². The fourth-order valence-electron chi connectivity index (χ4n) is 4.23. The van der Waals surface area contributed by atoms with Gasteiger partial charge in [-0.15, -0.1) is 0 Å². The number of piperazine rings is 1. The highest BCUT2D eigenvalue weighted by Gasteiger charge is 2.38. The minimum Gasteiger partial charge on any atom is -0.475 e. The number of nitro benzene ring substituents is 1. The molecule has 2 atom stereocenters. The summed E-state index contributed by atoms with van der Waals surface area (Å²) in [5.74, 6) is -3.54. The van der Waals surface area contributed by atoms with Gasteiger partial charge < -0.3 is 26.0 Å². The Hall–Kier alpha value is -4.77. The van der Waals surface area contributed by atoms with Gasteiger partial charge in [0.15, 0.2) is 0 Å². The Morgan fingerprint density at radius 2 is 1.73 bits per heavy atom. The largest absolute Gasteiger partial charge is 0.490 e. The molecule has 0 radical (unpaired) electrons. The number of aliphatic carboxylic acids is 1. The minimum absolute atomic E-state index is 0.112. The highest BCUT2D eigenvalue weighted by molar-refractivity contribution is 6.33. The smallest absolute Gasteiger partial charge is 0.475 e. The summed E-state index contributed by atoms with van der Waals surface area (Å²) < 4.78 is 46.3. The zero-order chi connectivity index (χ0) is 32.8. The van der Waals surface area contributed by atoms with Crippen LogP contribution in [0, 0.1) is 15.9 Å². The lowest BCUT2D eigenvalue weighted by molar-refractivity contribution is -0.384. The molecule has 2 aromatic carbocycles. The van der Waals surface area contributed by atoms with E-state index in [1.54, 1.807) is 30.5 Å². The number of hydrogen-bond acceptors (Lipinski definition) is 8. The number of urea groups is 1. The number of rotatable bonds is 6. The van der Waals surface area contributed by atoms with Crippen molar-refractivity contribution in [3.05, 3.63) is 85.5 Å². The number of halogens is 5. The number of alkyl halides is 3. The lowest BCUT2D eigenvalue weighted by Gasteiger charge is -2.37. The third-order valence-corrected chi connectivity index (χ3v) is 6.41. The number of hydrogen-bond donors (Lipinski definition) is 4. The minimum atomic E-state index is -5.08. The van der Waals surface area contributed by atoms with Crippen molar-refractivity contribution in [2.45, 2.75) is 38.7 Å². The summed E-state index contributed by atoms with van der Waals surface area (Å²) in [6.07, 6.45) is -3.48. The second-order valence-electron chi connectivity index (χ2n) is 9.68. The van der Waals surface area contributed by atoms with Gasteiger partial charge in [0.1, 0.15) is 16.5 Å². The number of carboxylic acid groups (broad SMARTS) is 1. The third kappa shape index (κ3) is 9.11. The van der Waals surface area contributed by atoms with Crippen LogP contribution in [0.1, 0.15) is 19.4 Å². The van der Waals surface area contributed by atoms with Crippen molar-refractivity contribution in [1.82, 2.24) is 15.1 Å². The Labute approximate surface area is 251 Å². The van der Waals surface area contributed by atoms with Gasteiger partial charge >= 0.3 is 18.2 Å². The van der Waals surface area contributed by atoms with E-state index in [9.17, 15) is 37.3 Å². The van der Waals surface area contributed by atoms with Crippen molar-refractivity contribution in [3.8, 4) is 0 Å². The van der Waals surface area contributed by atoms with Gasteiger partial charge in [-0.3, -0.25) is 14.9 Å². The van der Waals surface area contributed by atoms with Crippen LogP contribution in [-0.2, 0) is 11.3 Å². The van der Waals surface area contributed by atoms with Crippen molar-refractivity contribution in [1.29, 1.82) is 0 Å². The fraction of sp³-hybridized carbons (Fsp3) is 0.308. The molecule has 0 spiro atoms. The molecule has 236 valence electrons. The predicted molar refractivity (Wildman–Crippen MR) is 153 cm³/mol. The van der Waals surface area contributed by atoms with Crippen molar-refractivity contribution in [2.75, 3.05) is 28.6 Å². The zero-order valence-electron chi connectivity index (χ0n) is 23.1. The summed E-state index contributed by atoms with van der Waals surface area (Å²) >= 11 is 6.43. The Balaban J connectivity index is 0.000000676. The topological polar surface area (TPSA) is 172 Å². The molecule has 1 aliphatic heterocycles. The number of nitro groups is 1. The standard InChI is InChI=1S/C24H25ClFN7O4.C2HF3O2/c1-14-11-31(12-15(2)28-14)21-10-27-32(23(34)22(21)25)13-16-3-6-18(7-4-16)29-24(35)30-19-8-5-17(26)9-20(19)33(36)37;3-2(4,5)1(6)7/h3-10,14-15,28H,11-13H2,1-2H3,(H2,29,30,35);(H,6,7)/t14-,15+;. The quantitative estimate of drug-likeness (QED) is 0.172. The molecule has 0 unspecified atom stereocenters. The second-order valence-corrected chi connectivity index (χ2v) is 10.1. The molecule has 0 saturated carbocycles. The van der Waals surface area contributed by atoms with Crippen molar-refractivity contribution < 1.29 is 37.2 Å². The van der Waals surface area contributed by atoms with Crippen LogP contribution in [0.4, 0.5) is 45.1 Å². The van der Waals surface area contributed by atoms with E-state index in [-0.39, 0.29) is 29.3 Å². The summed E-state index contributed by atoms with van der Waals surface area (Å²) in [6, 6.07) is 9.24. The van der Waals surface area contributed by atoms with Crippen LogP contribution in [0.25, 0.3) is 0 Å². The number of nitrogens with zero attached hydrogens (tertiary/aromatic N) is 4. The molecule has 3 aromatic rings. The molecule has 18 heteroatoms. The molecule has 4 rings (SSSR count). The first-order valence-electron chi connectivity index (χ1n) is 12.7. The molecule has 13 nitrogen and oxygen atoms in total. The lowest BCUT2D eigenvalue weighted by atomic mass is 10.1. The van der Waals surface area contributed by atoms with E-state index in [2.05, 4.69) is 39.8 Å². The summed E-state index contributed by atoms with van der Waals surface area (Å²) in [5, 5.41) is 31.0. The van der Waals surface area contributed by atoms with Crippen LogP contribution in [0.2, 0.25) is 5.02 Å². The van der Waals surface area contributed by atoms with Gasteiger partial charge in [-0.1, -0.05) is 23.7 Å². The third-order valence-electron chi connectivity index (χ3n) is 6.06. The average molecular weight is 644 g/mol. The van der Waals surface area contributed by atoms with Gasteiger partial charge in [0.2, 0.25) is 0 Å². The summed E-state index contributed by atoms with van der Waals surface area (Å²) in [6.45, 7) is 5.74. The number of anilines is 3. The van der Waals surface area contributed by atoms with E-state index < -0.39 is 40.2 Å². The number of carbonyl (C=O) groups excluding carboxylic acids is 1. The van der Waals surface area contributed by atoms with Gasteiger partial charge in [-0.25, -0.2) is 18.7 Å². The first-order valence-corrected chi connectivity index (χ1v) is 13.1. The van der Waals surface area contributed by atoms with E-state index in [4.69, 9.17) is 21.5 Å². The van der Waals surface area contributed by atoms with Gasteiger partial charge in [0.25, 0.3) is 11.2 Å². The number of benzene rings is 2. The molecule has 2 heterocycles. The number of carboxylic acids is 1. The number of carbonyl (C=O) groups is 2. The fourth-order valence-corrected chi connectivity index (χ4v) is 4.49. The van der Waals surface area contributed by atoms with Gasteiger partial charge in [-0.05, 0) is 43.7 Å². The van der Waals surface area contributed by atoms with Crippen molar-refractivity contribution in [2.24, 2.45) is 0 Å². The first kappa shape index (κ1) is 33.7. The predicted octanol–water partition coefficient (Wildman–Crippen LogP) is 4.46. The molecule has 2 amide bonds.